The third-order valence-corrected chi connectivity index (χ3v) is 9.00. The summed E-state index contributed by atoms with van der Waals surface area (Å²) in [6, 6.07) is 18.2. The molecule has 0 radical (unpaired) electrons. The molecule has 2 fully saturated rings. The van der Waals surface area contributed by atoms with Crippen molar-refractivity contribution in [2.24, 2.45) is 11.8 Å². The fourth-order valence-corrected chi connectivity index (χ4v) is 7.08. The van der Waals surface area contributed by atoms with Crippen molar-refractivity contribution in [3.63, 3.8) is 0 Å². The number of rotatable bonds is 6. The second-order valence-electron chi connectivity index (χ2n) is 11.3. The number of carbonyl (C=O) groups is 1. The van der Waals surface area contributed by atoms with Crippen molar-refractivity contribution >= 4 is 34.8 Å². The molecule has 1 heterocycles. The van der Waals surface area contributed by atoms with Crippen LogP contribution in [-0.4, -0.2) is 23.2 Å². The van der Waals surface area contributed by atoms with Gasteiger partial charge >= 0.3 is 6.18 Å². The van der Waals surface area contributed by atoms with Crippen molar-refractivity contribution in [2.75, 3.05) is 0 Å². The molecule has 4 atom stereocenters. The second kappa shape index (κ2) is 10.7. The molecule has 3 aliphatic rings. The predicted octanol–water partition coefficient (Wildman–Crippen LogP) is 8.47. The van der Waals surface area contributed by atoms with Gasteiger partial charge in [0, 0.05) is 32.8 Å². The molecule has 0 aromatic heterocycles. The fraction of sp³-hybridized carbons (Fsp3) is 0.344. The van der Waals surface area contributed by atoms with Gasteiger partial charge in [0.15, 0.2) is 0 Å². The third-order valence-electron chi connectivity index (χ3n) is 8.57. The van der Waals surface area contributed by atoms with Gasteiger partial charge in [-0.2, -0.15) is 13.2 Å². The first kappa shape index (κ1) is 28.1. The number of hydroxylamine groups is 2. The van der Waals surface area contributed by atoms with E-state index < -0.39 is 11.8 Å². The van der Waals surface area contributed by atoms with Crippen LogP contribution < -0.4 is 5.32 Å². The van der Waals surface area contributed by atoms with Crippen LogP contribution in [-0.2, 0) is 17.0 Å². The third kappa shape index (κ3) is 5.36. The minimum absolute atomic E-state index is 0.0598. The summed E-state index contributed by atoms with van der Waals surface area (Å²) in [5, 5.41) is 4.59. The van der Waals surface area contributed by atoms with E-state index in [2.05, 4.69) is 5.32 Å². The Labute approximate surface area is 247 Å². The van der Waals surface area contributed by atoms with E-state index in [0.717, 1.165) is 24.5 Å². The average Bonchev–Trinajstić information content (AvgIpc) is 3.63. The van der Waals surface area contributed by atoms with Gasteiger partial charge in [0.1, 0.15) is 0 Å². The smallest absolute Gasteiger partial charge is 0.349 e. The topological polar surface area (TPSA) is 41.6 Å². The highest BCUT2D eigenvalue weighted by Gasteiger charge is 2.61. The van der Waals surface area contributed by atoms with Gasteiger partial charge in [0.05, 0.1) is 12.2 Å². The van der Waals surface area contributed by atoms with Gasteiger partial charge in [-0.15, -0.1) is 0 Å². The number of carbonyl (C=O) groups excluding carboxylic acids is 1. The summed E-state index contributed by atoms with van der Waals surface area (Å²) < 4.78 is 44.8. The average molecular weight is 601 g/mol. The molecule has 6 rings (SSSR count). The van der Waals surface area contributed by atoms with Crippen molar-refractivity contribution in [2.45, 2.75) is 57.0 Å². The summed E-state index contributed by atoms with van der Waals surface area (Å²) in [6.45, 7) is 1.86. The standard InChI is InChI=1S/C32H29Cl2F3N2O2/c1-19-11-23(9-10-27(19)30(40)38-28-13-21-7-8-22(28)12-21)29-17-31(32(35,36)37,24-14-25(33)16-26(34)15-24)41-39(29)18-20-5-3-2-4-6-20/h2-6,9-11,14-17,21-22,28H,7-8,12-13,18H2,1H3,(H,38,40). The zero-order valence-electron chi connectivity index (χ0n) is 22.3. The normalized spacial score (nSPS) is 25.5. The number of amides is 1. The summed E-state index contributed by atoms with van der Waals surface area (Å²) >= 11 is 12.3. The van der Waals surface area contributed by atoms with Gasteiger partial charge in [0.2, 0.25) is 5.60 Å². The Morgan fingerprint density at radius 3 is 2.37 bits per heavy atom. The zero-order chi connectivity index (χ0) is 28.9. The number of halogens is 5. The molecule has 1 amide bonds. The minimum Gasteiger partial charge on any atom is -0.349 e. The zero-order valence-corrected chi connectivity index (χ0v) is 23.9. The maximum Gasteiger partial charge on any atom is 0.428 e. The van der Waals surface area contributed by atoms with Crippen LogP contribution in [0.15, 0.2) is 72.8 Å². The SMILES string of the molecule is Cc1cc(C2=CC(c3cc(Cl)cc(Cl)c3)(C(F)(F)F)ON2Cc2ccccc2)ccc1C(=O)NC1CC2CCC1C2. The van der Waals surface area contributed by atoms with E-state index in [1.165, 1.54) is 36.1 Å². The van der Waals surface area contributed by atoms with Gasteiger partial charge < -0.3 is 5.32 Å². The molecule has 0 saturated heterocycles. The molecule has 2 bridgehead atoms. The molecule has 9 heteroatoms. The van der Waals surface area contributed by atoms with Gasteiger partial charge in [-0.1, -0.05) is 66.0 Å². The molecule has 1 N–H and O–H groups in total. The molecule has 2 saturated carbocycles. The van der Waals surface area contributed by atoms with E-state index in [9.17, 15) is 18.0 Å². The van der Waals surface area contributed by atoms with Crippen LogP contribution in [0.5, 0.6) is 0 Å². The highest BCUT2D eigenvalue weighted by molar-refractivity contribution is 6.34. The van der Waals surface area contributed by atoms with Crippen molar-refractivity contribution in [3.05, 3.63) is 111 Å². The van der Waals surface area contributed by atoms with Crippen LogP contribution >= 0.6 is 23.2 Å². The van der Waals surface area contributed by atoms with E-state index in [1.54, 1.807) is 25.1 Å². The minimum atomic E-state index is -4.84. The molecule has 0 spiro atoms. The first-order valence-corrected chi connectivity index (χ1v) is 14.5. The number of alkyl halides is 3. The summed E-state index contributed by atoms with van der Waals surface area (Å²) in [5.74, 6) is 1.08. The monoisotopic (exact) mass is 600 g/mol. The Hall–Kier alpha value is -3.00. The largest absolute Gasteiger partial charge is 0.428 e. The number of fused-ring (bicyclic) bond motifs is 2. The Morgan fingerprint density at radius 1 is 1.02 bits per heavy atom. The second-order valence-corrected chi connectivity index (χ2v) is 12.2. The Bertz CT molecular complexity index is 1490. The summed E-state index contributed by atoms with van der Waals surface area (Å²) in [5.41, 5.74) is -0.390. The maximum atomic E-state index is 14.9. The number of nitrogens with zero attached hydrogens (tertiary/aromatic N) is 1. The molecule has 4 unspecified atom stereocenters. The molecule has 1 aliphatic heterocycles. The van der Waals surface area contributed by atoms with Crippen molar-refractivity contribution < 1.29 is 22.8 Å². The van der Waals surface area contributed by atoms with E-state index in [1.807, 2.05) is 30.3 Å². The molecule has 3 aromatic rings. The lowest BCUT2D eigenvalue weighted by Gasteiger charge is -2.32. The Balaban J connectivity index is 1.38. The van der Waals surface area contributed by atoms with Crippen molar-refractivity contribution in [1.29, 1.82) is 0 Å². The molecular weight excluding hydrogens is 572 g/mol. The molecular formula is C32H29Cl2F3N2O2. The van der Waals surface area contributed by atoms with E-state index in [0.29, 0.717) is 28.5 Å². The highest BCUT2D eigenvalue weighted by atomic mass is 35.5. The molecule has 4 nitrogen and oxygen atoms in total. The quantitative estimate of drug-likeness (QED) is 0.308. The fourth-order valence-electron chi connectivity index (χ4n) is 6.55. The van der Waals surface area contributed by atoms with Crippen molar-refractivity contribution in [3.8, 4) is 0 Å². The van der Waals surface area contributed by atoms with Crippen LogP contribution in [0.1, 0.15) is 58.3 Å². The first-order valence-electron chi connectivity index (χ1n) is 13.7. The highest BCUT2D eigenvalue weighted by Crippen LogP contribution is 2.52. The van der Waals surface area contributed by atoms with Gasteiger partial charge in [-0.05, 0) is 85.6 Å². The molecule has 41 heavy (non-hydrogen) atoms. The first-order chi connectivity index (χ1) is 19.5. The van der Waals surface area contributed by atoms with Crippen LogP contribution in [0.4, 0.5) is 13.2 Å². The van der Waals surface area contributed by atoms with Gasteiger partial charge in [-0.25, -0.2) is 9.90 Å². The maximum absolute atomic E-state index is 14.9. The lowest BCUT2D eigenvalue weighted by atomic mass is 9.91. The summed E-state index contributed by atoms with van der Waals surface area (Å²) in [4.78, 5) is 19.0. The van der Waals surface area contributed by atoms with Crippen LogP contribution in [0.2, 0.25) is 10.0 Å². The Kier molecular flexibility index (Phi) is 7.33. The van der Waals surface area contributed by atoms with Crippen LogP contribution in [0.25, 0.3) is 5.70 Å². The van der Waals surface area contributed by atoms with Crippen LogP contribution in [0, 0.1) is 18.8 Å². The molecule has 3 aromatic carbocycles. The van der Waals surface area contributed by atoms with E-state index in [4.69, 9.17) is 28.0 Å². The van der Waals surface area contributed by atoms with Gasteiger partial charge in [0.25, 0.3) is 5.91 Å². The summed E-state index contributed by atoms with van der Waals surface area (Å²) in [7, 11) is 0. The number of aryl methyl sites for hydroxylation is 1. The molecule has 2 aliphatic carbocycles. The number of hydrogen-bond donors (Lipinski definition) is 1. The van der Waals surface area contributed by atoms with E-state index >= 15 is 0 Å². The number of nitrogens with one attached hydrogen (secondary N) is 1. The van der Waals surface area contributed by atoms with Gasteiger partial charge in [-0.3, -0.25) is 4.79 Å². The van der Waals surface area contributed by atoms with Crippen LogP contribution in [0.3, 0.4) is 0 Å². The van der Waals surface area contributed by atoms with E-state index in [-0.39, 0.29) is 39.8 Å². The summed E-state index contributed by atoms with van der Waals surface area (Å²) in [6.07, 6.45) is 0.807. The lowest BCUT2D eigenvalue weighted by molar-refractivity contribution is -0.315. The van der Waals surface area contributed by atoms with Crippen molar-refractivity contribution in [1.82, 2.24) is 10.4 Å². The number of hydrogen-bond acceptors (Lipinski definition) is 3. The Morgan fingerprint density at radius 2 is 1.76 bits per heavy atom. The number of benzene rings is 3. The lowest BCUT2D eigenvalue weighted by Crippen LogP contribution is -2.43. The molecule has 214 valence electrons. The predicted molar refractivity (Wildman–Crippen MR) is 153 cm³/mol.